The average Bonchev–Trinajstić information content (AvgIpc) is 2.97. The van der Waals surface area contributed by atoms with E-state index >= 15 is 0 Å². The normalized spacial score (nSPS) is 12.3. The van der Waals surface area contributed by atoms with Crippen LogP contribution in [-0.2, 0) is 30.4 Å². The minimum atomic E-state index is -4.94. The number of alkyl halides is 8. The van der Waals surface area contributed by atoms with Gasteiger partial charge in [0.15, 0.2) is 5.78 Å². The molecule has 3 aromatic rings. The number of carbonyl (C=O) groups is 3. The lowest BCUT2D eigenvalue weighted by molar-refractivity contribution is -0.210. The van der Waals surface area contributed by atoms with Crippen LogP contribution in [0.25, 0.3) is 0 Å². The van der Waals surface area contributed by atoms with Crippen molar-refractivity contribution in [1.29, 1.82) is 0 Å². The molecule has 3 aromatic carbocycles. The molecule has 0 radical (unpaired) electrons. The van der Waals surface area contributed by atoms with Gasteiger partial charge in [0.2, 0.25) is 0 Å². The second kappa shape index (κ2) is 14.8. The smallest absolute Gasteiger partial charge is 0.416 e. The van der Waals surface area contributed by atoms with E-state index in [1.165, 1.54) is 24.3 Å². The van der Waals surface area contributed by atoms with Gasteiger partial charge in [-0.25, -0.2) is 13.2 Å². The van der Waals surface area contributed by atoms with E-state index < -0.39 is 90.2 Å². The first-order valence-electron chi connectivity index (χ1n) is 13.8. The quantitative estimate of drug-likeness (QED) is 0.144. The molecule has 15 heteroatoms. The van der Waals surface area contributed by atoms with Crippen molar-refractivity contribution in [3.8, 4) is 5.75 Å². The number of hydrogen-bond donors (Lipinski definition) is 1. The number of carbonyl (C=O) groups excluding carboxylic acids is 3. The molecular weight excluding hydrogens is 669 g/mol. The number of hydrogen-bond acceptors (Lipinski definition) is 4. The van der Waals surface area contributed by atoms with E-state index in [1.807, 2.05) is 0 Å². The van der Waals surface area contributed by atoms with Crippen LogP contribution < -0.4 is 10.1 Å². The Kier molecular flexibility index (Phi) is 11.8. The Morgan fingerprint density at radius 3 is 2.13 bits per heavy atom. The molecule has 0 unspecified atom stereocenters. The first-order chi connectivity index (χ1) is 21.7. The number of benzene rings is 3. The molecule has 254 valence electrons. The van der Waals surface area contributed by atoms with Gasteiger partial charge in [-0.2, -0.15) is 26.3 Å². The molecule has 0 heterocycles. The molecule has 1 N–H and O–H groups in total. The first kappa shape index (κ1) is 37.4. The van der Waals surface area contributed by atoms with E-state index in [1.54, 1.807) is 0 Å². The Morgan fingerprint density at radius 1 is 0.872 bits per heavy atom. The largest absolute Gasteiger partial charge is 0.487 e. The Bertz CT molecular complexity index is 1640. The molecule has 0 saturated carbocycles. The second-order valence-corrected chi connectivity index (χ2v) is 11.4. The van der Waals surface area contributed by atoms with Crippen molar-refractivity contribution in [3.05, 3.63) is 98.8 Å². The minimum absolute atomic E-state index is 0.0182. The Balaban J connectivity index is 1.83. The highest BCUT2D eigenvalue weighted by atomic mass is 35.5. The molecule has 0 saturated heterocycles. The number of Topliss-reactive ketones (excluding diaryl/α,β-unsaturated/α-hetero) is 2. The molecule has 0 fully saturated rings. The van der Waals surface area contributed by atoms with E-state index in [2.05, 4.69) is 5.32 Å². The van der Waals surface area contributed by atoms with Crippen LogP contribution in [0, 0.1) is 11.2 Å². The van der Waals surface area contributed by atoms with Crippen LogP contribution in [0.2, 0.25) is 5.02 Å². The molecule has 47 heavy (non-hydrogen) atoms. The third-order valence-corrected chi connectivity index (χ3v) is 7.54. The summed E-state index contributed by atoms with van der Waals surface area (Å²) in [6.45, 7) is -0.309. The van der Waals surface area contributed by atoms with Gasteiger partial charge in [0.1, 0.15) is 29.4 Å². The molecule has 0 aliphatic rings. The molecule has 3 rings (SSSR count). The van der Waals surface area contributed by atoms with Crippen molar-refractivity contribution >= 4 is 29.1 Å². The lowest BCUT2D eigenvalue weighted by Gasteiger charge is -2.26. The van der Waals surface area contributed by atoms with Gasteiger partial charge in [-0.3, -0.25) is 14.4 Å². The predicted molar refractivity (Wildman–Crippen MR) is 153 cm³/mol. The fourth-order valence-electron chi connectivity index (χ4n) is 4.33. The number of aryl methyl sites for hydroxylation is 1. The lowest BCUT2D eigenvalue weighted by Crippen LogP contribution is -2.39. The number of ether oxygens (including phenoxy) is 1. The standard InChI is InChI=1S/C32H27ClF9NO4/c1-30(2,32(40,41)42)27(45)10-5-17-3-8-24(33)21(11-17)25(44)13-18-4-9-26(47-16-28(35)36)22(12-18)29(46)43-15-19-6-7-20(34)14-23(19)31(37,38)39/h3-4,6-9,11-12,14,28H,5,10,13,15-16H2,1-2H3,(H,43,46). The summed E-state index contributed by atoms with van der Waals surface area (Å²) in [4.78, 5) is 38.5. The number of rotatable bonds is 13. The molecular formula is C32H27ClF9NO4. The van der Waals surface area contributed by atoms with Crippen LogP contribution in [-0.4, -0.2) is 36.7 Å². The zero-order valence-electron chi connectivity index (χ0n) is 24.7. The van der Waals surface area contributed by atoms with Gasteiger partial charge >= 0.3 is 12.4 Å². The van der Waals surface area contributed by atoms with Crippen molar-refractivity contribution in [3.63, 3.8) is 0 Å². The molecule has 0 atom stereocenters. The lowest BCUT2D eigenvalue weighted by atomic mass is 9.84. The van der Waals surface area contributed by atoms with Gasteiger partial charge in [-0.15, -0.1) is 0 Å². The third kappa shape index (κ3) is 9.72. The highest BCUT2D eigenvalue weighted by Gasteiger charge is 2.51. The summed E-state index contributed by atoms with van der Waals surface area (Å²) in [5, 5.41) is 2.20. The fraction of sp³-hybridized carbons (Fsp3) is 0.344. The third-order valence-electron chi connectivity index (χ3n) is 7.21. The van der Waals surface area contributed by atoms with Crippen LogP contribution in [0.1, 0.15) is 63.2 Å². The second-order valence-electron chi connectivity index (χ2n) is 11.0. The van der Waals surface area contributed by atoms with Crippen molar-refractivity contribution in [1.82, 2.24) is 5.32 Å². The molecule has 0 aliphatic heterocycles. The molecule has 0 aromatic heterocycles. The number of ketones is 2. The summed E-state index contributed by atoms with van der Waals surface area (Å²) in [6.07, 6.45) is -13.7. The number of halogens is 10. The van der Waals surface area contributed by atoms with E-state index in [9.17, 15) is 53.9 Å². The van der Waals surface area contributed by atoms with Gasteiger partial charge in [-0.1, -0.05) is 29.8 Å². The zero-order valence-corrected chi connectivity index (χ0v) is 25.5. The summed E-state index contributed by atoms with van der Waals surface area (Å²) in [5.41, 5.74) is -4.34. The summed E-state index contributed by atoms with van der Waals surface area (Å²) < 4.78 is 124. The Labute approximate surface area is 268 Å². The maximum Gasteiger partial charge on any atom is 0.416 e. The molecule has 5 nitrogen and oxygen atoms in total. The van der Waals surface area contributed by atoms with Gasteiger partial charge in [-0.05, 0) is 73.4 Å². The Hall–Kier alpha value is -4.07. The zero-order chi connectivity index (χ0) is 35.3. The van der Waals surface area contributed by atoms with Gasteiger partial charge in [0.05, 0.1) is 16.1 Å². The SMILES string of the molecule is CC(C)(C(=O)CCc1ccc(Cl)c(C(=O)Cc2ccc(OCC(F)F)c(C(=O)NCc3ccc(F)cc3C(F)(F)F)c2)c1)C(F)(F)F. The highest BCUT2D eigenvalue weighted by molar-refractivity contribution is 6.34. The van der Waals surface area contributed by atoms with E-state index in [4.69, 9.17) is 16.3 Å². The van der Waals surface area contributed by atoms with E-state index in [0.717, 1.165) is 38.1 Å². The summed E-state index contributed by atoms with van der Waals surface area (Å²) in [7, 11) is 0. The van der Waals surface area contributed by atoms with Crippen molar-refractivity contribution in [2.75, 3.05) is 6.61 Å². The Morgan fingerprint density at radius 2 is 1.51 bits per heavy atom. The van der Waals surface area contributed by atoms with Crippen LogP contribution >= 0.6 is 11.6 Å². The topological polar surface area (TPSA) is 72.5 Å². The molecule has 0 aliphatic carbocycles. The summed E-state index contributed by atoms with van der Waals surface area (Å²) in [5.74, 6) is -4.24. The molecule has 1 amide bonds. The van der Waals surface area contributed by atoms with Gasteiger partial charge < -0.3 is 10.1 Å². The predicted octanol–water partition coefficient (Wildman–Crippen LogP) is 8.59. The summed E-state index contributed by atoms with van der Waals surface area (Å²) in [6, 6.07) is 9.44. The highest BCUT2D eigenvalue weighted by Crippen LogP contribution is 2.39. The first-order valence-corrected chi connectivity index (χ1v) is 14.2. The van der Waals surface area contributed by atoms with Crippen molar-refractivity contribution in [2.45, 2.75) is 58.4 Å². The van der Waals surface area contributed by atoms with E-state index in [0.29, 0.717) is 5.56 Å². The summed E-state index contributed by atoms with van der Waals surface area (Å²) >= 11 is 6.19. The van der Waals surface area contributed by atoms with Crippen molar-refractivity contribution < 1.29 is 58.6 Å². The minimum Gasteiger partial charge on any atom is -0.487 e. The van der Waals surface area contributed by atoms with Crippen LogP contribution in [0.5, 0.6) is 5.75 Å². The monoisotopic (exact) mass is 695 g/mol. The number of amides is 1. The van der Waals surface area contributed by atoms with Crippen LogP contribution in [0.3, 0.4) is 0 Å². The van der Waals surface area contributed by atoms with Crippen LogP contribution in [0.4, 0.5) is 39.5 Å². The van der Waals surface area contributed by atoms with Gasteiger partial charge in [0, 0.05) is 24.9 Å². The fourth-order valence-corrected chi connectivity index (χ4v) is 4.55. The van der Waals surface area contributed by atoms with E-state index in [-0.39, 0.29) is 34.4 Å². The molecule has 0 spiro atoms. The van der Waals surface area contributed by atoms with Gasteiger partial charge in [0.25, 0.3) is 12.3 Å². The molecule has 0 bridgehead atoms. The maximum atomic E-state index is 13.5. The number of nitrogens with one attached hydrogen (secondary N) is 1. The average molecular weight is 696 g/mol. The van der Waals surface area contributed by atoms with Crippen molar-refractivity contribution in [2.24, 2.45) is 5.41 Å². The van der Waals surface area contributed by atoms with Crippen LogP contribution in [0.15, 0.2) is 54.6 Å². The maximum absolute atomic E-state index is 13.5.